The van der Waals surface area contributed by atoms with E-state index in [1.807, 2.05) is 0 Å². The summed E-state index contributed by atoms with van der Waals surface area (Å²) in [6.45, 7) is 0. The zero-order valence-electron chi connectivity index (χ0n) is 16.9. The molecule has 2 aromatic rings. The summed E-state index contributed by atoms with van der Waals surface area (Å²) in [5, 5.41) is 43.6. The van der Waals surface area contributed by atoms with E-state index in [2.05, 4.69) is 0 Å². The van der Waals surface area contributed by atoms with Gasteiger partial charge in [0.15, 0.2) is 0 Å². The second kappa shape index (κ2) is 9.33. The molecule has 0 aliphatic heterocycles. The normalized spacial score (nSPS) is 12.3. The van der Waals surface area contributed by atoms with E-state index in [0.717, 1.165) is 12.1 Å². The molecule has 180 valence electrons. The molecule has 0 radical (unpaired) electrons. The van der Waals surface area contributed by atoms with Crippen LogP contribution in [0.4, 0.5) is 39.5 Å². The number of halogens is 9. The van der Waals surface area contributed by atoms with Crippen LogP contribution in [0.3, 0.4) is 0 Å². The first-order valence-corrected chi connectivity index (χ1v) is 8.88. The summed E-state index contributed by atoms with van der Waals surface area (Å²) in [4.78, 5) is 0. The van der Waals surface area contributed by atoms with Crippen LogP contribution in [0.25, 0.3) is 11.1 Å². The highest BCUT2D eigenvalue weighted by atomic mass is 19.4. The van der Waals surface area contributed by atoms with Crippen LogP contribution in [-0.4, -0.2) is 0 Å². The summed E-state index contributed by atoms with van der Waals surface area (Å²) >= 11 is 0. The zero-order valence-corrected chi connectivity index (χ0v) is 16.9. The van der Waals surface area contributed by atoms with Crippen LogP contribution in [0.1, 0.15) is 33.4 Å². The van der Waals surface area contributed by atoms with Gasteiger partial charge < -0.3 is 0 Å². The quantitative estimate of drug-likeness (QED) is 0.528. The molecule has 2 aromatic carbocycles. The van der Waals surface area contributed by atoms with Gasteiger partial charge in [-0.15, -0.1) is 0 Å². The largest absolute Gasteiger partial charge is 0.417 e. The van der Waals surface area contributed by atoms with Crippen molar-refractivity contribution in [3.8, 4) is 30.3 Å². The number of nitriles is 5. The molecule has 0 bridgehead atoms. The van der Waals surface area contributed by atoms with Crippen LogP contribution in [0.15, 0.2) is 24.3 Å². The van der Waals surface area contributed by atoms with Crippen molar-refractivity contribution in [3.05, 3.63) is 68.1 Å². The van der Waals surface area contributed by atoms with Crippen molar-refractivity contribution in [2.45, 2.75) is 18.5 Å². The van der Waals surface area contributed by atoms with Gasteiger partial charge in [0.25, 0.3) is 0 Å². The molecule has 0 spiro atoms. The predicted octanol–water partition coefficient (Wildman–Crippen LogP) is 4.41. The Bertz CT molecular complexity index is 1540. The first-order valence-electron chi connectivity index (χ1n) is 8.88. The Labute approximate surface area is 194 Å². The lowest BCUT2D eigenvalue weighted by molar-refractivity contribution is -0.143. The Morgan fingerprint density at radius 3 is 1.39 bits per heavy atom. The fourth-order valence-corrected chi connectivity index (χ4v) is 3.14. The third kappa shape index (κ3) is 5.06. The monoisotopic (exact) mass is 509 g/mol. The van der Waals surface area contributed by atoms with Gasteiger partial charge in [0.05, 0.1) is 39.5 Å². The lowest BCUT2D eigenvalue weighted by Crippen LogP contribution is -2.29. The van der Waals surface area contributed by atoms with Gasteiger partial charge in [-0.3, -0.25) is 0 Å². The summed E-state index contributed by atoms with van der Waals surface area (Å²) in [6.07, 6.45) is -16.6. The molecule has 2 rings (SSSR count). The molecule has 0 amide bonds. The van der Waals surface area contributed by atoms with E-state index < -0.39 is 73.5 Å². The van der Waals surface area contributed by atoms with Gasteiger partial charge in [-0.2, -0.15) is 65.8 Å². The number of rotatable bonds is 1. The number of nitrogens with zero attached hydrogens (tertiary/aromatic N) is 5. The molecule has 0 aliphatic rings. The van der Waals surface area contributed by atoms with Crippen molar-refractivity contribution < 1.29 is 39.5 Å². The Balaban J connectivity index is 3.37. The summed E-state index contributed by atoms with van der Waals surface area (Å²) in [6, 6.07) is 6.18. The summed E-state index contributed by atoms with van der Waals surface area (Å²) in [5.41, 5.74) is -12.7. The van der Waals surface area contributed by atoms with E-state index in [0.29, 0.717) is 6.07 Å². The highest BCUT2D eigenvalue weighted by molar-refractivity contribution is 5.80. The smallest absolute Gasteiger partial charge is 0.192 e. The highest BCUT2D eigenvalue weighted by Gasteiger charge is 2.42. The molecule has 0 atom stereocenters. The van der Waals surface area contributed by atoms with Crippen LogP contribution >= 0.6 is 0 Å². The predicted molar refractivity (Wildman–Crippen MR) is 99.3 cm³/mol. The van der Waals surface area contributed by atoms with E-state index in [4.69, 9.17) is 15.8 Å². The first kappa shape index (κ1) is 27.2. The van der Waals surface area contributed by atoms with Crippen molar-refractivity contribution in [2.24, 2.45) is 0 Å². The van der Waals surface area contributed by atoms with Crippen LogP contribution in [0.5, 0.6) is 0 Å². The molecule has 0 saturated carbocycles. The minimum atomic E-state index is -5.58. The molecule has 0 saturated heterocycles. The van der Waals surface area contributed by atoms with E-state index in [9.17, 15) is 50.0 Å². The first-order chi connectivity index (χ1) is 16.5. The topological polar surface area (TPSA) is 119 Å². The van der Waals surface area contributed by atoms with Crippen LogP contribution in [0, 0.1) is 56.7 Å². The van der Waals surface area contributed by atoms with Gasteiger partial charge in [0.1, 0.15) is 29.8 Å². The molecule has 0 aromatic heterocycles. The maximum absolute atomic E-state index is 13.9. The number of hydrogen-bond donors (Lipinski definition) is 0. The molecule has 36 heavy (non-hydrogen) atoms. The van der Waals surface area contributed by atoms with Gasteiger partial charge >= 0.3 is 18.5 Å². The summed E-state index contributed by atoms with van der Waals surface area (Å²) in [7, 11) is 0. The maximum Gasteiger partial charge on any atom is 0.417 e. The average Bonchev–Trinajstić information content (AvgIpc) is 2.78. The third-order valence-corrected chi connectivity index (χ3v) is 4.59. The van der Waals surface area contributed by atoms with E-state index in [1.165, 1.54) is 18.2 Å². The Kier molecular flexibility index (Phi) is 7.06. The zero-order chi connectivity index (χ0) is 27.6. The molecular formula is C22H4F9N5. The second-order valence-corrected chi connectivity index (χ2v) is 6.70. The van der Waals surface area contributed by atoms with Gasteiger partial charge in [0, 0.05) is 10.4 Å². The molecule has 0 N–H and O–H groups in total. The van der Waals surface area contributed by atoms with Gasteiger partial charge in [-0.05, 0) is 29.8 Å². The fraction of sp³-hybridized carbons (Fsp3) is 0.136. The third-order valence-electron chi connectivity index (χ3n) is 4.59. The molecule has 0 aliphatic carbocycles. The van der Waals surface area contributed by atoms with Gasteiger partial charge in [-0.25, -0.2) is 0 Å². The molecule has 5 nitrogen and oxygen atoms in total. The van der Waals surface area contributed by atoms with E-state index in [-0.39, 0.29) is 18.2 Å². The average molecular weight is 509 g/mol. The van der Waals surface area contributed by atoms with Crippen molar-refractivity contribution in [3.63, 3.8) is 0 Å². The van der Waals surface area contributed by atoms with Crippen LogP contribution in [0.2, 0.25) is 0 Å². The van der Waals surface area contributed by atoms with Gasteiger partial charge in [-0.1, -0.05) is 0 Å². The van der Waals surface area contributed by atoms with Crippen LogP contribution in [-0.2, 0) is 18.5 Å². The maximum atomic E-state index is 13.9. The Hall–Kier alpha value is -5.00. The van der Waals surface area contributed by atoms with Crippen molar-refractivity contribution in [1.29, 1.82) is 26.3 Å². The Morgan fingerprint density at radius 2 is 1.06 bits per heavy atom. The standard InChI is InChI=1S/C22H4F9N5/c23-20(24,25)16-3-11(4-17(15(16)9-36)21(26,27)28)14(8-35)19-12(5-32)1-10(13(6-33)7-34)2-18(19)22(29,30)31/h1-4H/b19-14+. The summed E-state index contributed by atoms with van der Waals surface area (Å²) in [5.74, 6) is 0. The minimum absolute atomic E-state index is 0.107. The number of benzene rings is 2. The lowest BCUT2D eigenvalue weighted by atomic mass is 9.91. The molecule has 0 fully saturated rings. The van der Waals surface area contributed by atoms with Crippen molar-refractivity contribution >= 4 is 11.1 Å². The van der Waals surface area contributed by atoms with E-state index in [1.54, 1.807) is 0 Å². The molecule has 0 unspecified atom stereocenters. The molecule has 0 heterocycles. The van der Waals surface area contributed by atoms with E-state index >= 15 is 0 Å². The van der Waals surface area contributed by atoms with Gasteiger partial charge in [0.2, 0.25) is 0 Å². The van der Waals surface area contributed by atoms with Crippen LogP contribution < -0.4 is 10.4 Å². The van der Waals surface area contributed by atoms with Crippen molar-refractivity contribution in [2.75, 3.05) is 0 Å². The molecule has 14 heteroatoms. The summed E-state index contributed by atoms with van der Waals surface area (Å²) < 4.78 is 123. The molecular weight excluding hydrogens is 505 g/mol. The SMILES string of the molecule is N#CC(C#N)=c1cc(C#N)/c(=C(/C#N)c2cc(C(F)(F)F)c(C#N)c(C(F)(F)F)c2)c(C(F)(F)F)c1. The lowest BCUT2D eigenvalue weighted by Gasteiger charge is -2.17. The highest BCUT2D eigenvalue weighted by Crippen LogP contribution is 2.41. The number of hydrogen-bond acceptors (Lipinski definition) is 5. The van der Waals surface area contributed by atoms with Crippen molar-refractivity contribution in [1.82, 2.24) is 0 Å². The fourth-order valence-electron chi connectivity index (χ4n) is 3.14. The second-order valence-electron chi connectivity index (χ2n) is 6.70. The number of alkyl halides is 9. The Morgan fingerprint density at radius 1 is 0.583 bits per heavy atom. The minimum Gasteiger partial charge on any atom is -0.192 e.